The van der Waals surface area contributed by atoms with Crippen LogP contribution >= 0.6 is 0 Å². The molecule has 2 N–H and O–H groups in total. The molecule has 0 amide bonds. The second kappa shape index (κ2) is 6.45. The first kappa shape index (κ1) is 16.2. The van der Waals surface area contributed by atoms with Gasteiger partial charge in [-0.25, -0.2) is 13.4 Å². The summed E-state index contributed by atoms with van der Waals surface area (Å²) >= 11 is 0. The summed E-state index contributed by atoms with van der Waals surface area (Å²) in [6, 6.07) is 15.3. The molecule has 7 heteroatoms. The highest BCUT2D eigenvalue weighted by Crippen LogP contribution is 2.27. The molecular weight excluding hydrogens is 324 g/mol. The molecule has 0 unspecified atom stereocenters. The summed E-state index contributed by atoms with van der Waals surface area (Å²) < 4.78 is 27.7. The Balaban J connectivity index is 1.98. The van der Waals surface area contributed by atoms with Crippen LogP contribution < -0.4 is 4.72 Å². The predicted molar refractivity (Wildman–Crippen MR) is 93.2 cm³/mol. The zero-order chi connectivity index (χ0) is 17.2. The Kier molecular flexibility index (Phi) is 4.35. The minimum atomic E-state index is -3.67. The molecule has 0 aliphatic carbocycles. The van der Waals surface area contributed by atoms with E-state index in [1.807, 2.05) is 19.9 Å². The minimum absolute atomic E-state index is 0.206. The lowest BCUT2D eigenvalue weighted by atomic mass is 10.1. The van der Waals surface area contributed by atoms with Gasteiger partial charge in [-0.1, -0.05) is 44.2 Å². The van der Waals surface area contributed by atoms with E-state index in [4.69, 9.17) is 0 Å². The second-order valence-corrected chi connectivity index (χ2v) is 7.35. The van der Waals surface area contributed by atoms with Crippen molar-refractivity contribution in [1.29, 1.82) is 0 Å². The van der Waals surface area contributed by atoms with Gasteiger partial charge in [0.15, 0.2) is 5.82 Å². The molecule has 0 saturated heterocycles. The Bertz CT molecular complexity index is 934. The van der Waals surface area contributed by atoms with Crippen molar-refractivity contribution in [3.05, 3.63) is 60.4 Å². The van der Waals surface area contributed by atoms with E-state index in [-0.39, 0.29) is 10.8 Å². The first-order valence-electron chi connectivity index (χ1n) is 7.57. The maximum Gasteiger partial charge on any atom is 0.261 e. The van der Waals surface area contributed by atoms with Gasteiger partial charge in [-0.15, -0.1) is 0 Å². The van der Waals surface area contributed by atoms with Crippen molar-refractivity contribution in [3.8, 4) is 11.4 Å². The van der Waals surface area contributed by atoms with Gasteiger partial charge in [0.25, 0.3) is 10.0 Å². The largest absolute Gasteiger partial charge is 0.279 e. The molecule has 0 saturated carbocycles. The summed E-state index contributed by atoms with van der Waals surface area (Å²) in [5.74, 6) is 1.43. The van der Waals surface area contributed by atoms with Crippen LogP contribution in [-0.4, -0.2) is 23.6 Å². The molecule has 24 heavy (non-hydrogen) atoms. The molecule has 1 aromatic heterocycles. The number of aromatic nitrogens is 3. The van der Waals surface area contributed by atoms with Gasteiger partial charge < -0.3 is 0 Å². The SMILES string of the molecule is CC(C)c1nc(-c2ccccc2NS(=O)(=O)c2ccccc2)n[nH]1. The van der Waals surface area contributed by atoms with E-state index in [2.05, 4.69) is 19.9 Å². The number of benzene rings is 2. The number of sulfonamides is 1. The molecule has 0 bridgehead atoms. The van der Waals surface area contributed by atoms with Crippen LogP contribution in [0.5, 0.6) is 0 Å². The molecule has 0 aliphatic heterocycles. The number of para-hydroxylation sites is 1. The van der Waals surface area contributed by atoms with Crippen molar-refractivity contribution in [2.75, 3.05) is 4.72 Å². The Morgan fingerprint density at radius 2 is 1.67 bits per heavy atom. The van der Waals surface area contributed by atoms with Crippen LogP contribution in [0.25, 0.3) is 11.4 Å². The van der Waals surface area contributed by atoms with E-state index >= 15 is 0 Å². The maximum absolute atomic E-state index is 12.5. The highest BCUT2D eigenvalue weighted by Gasteiger charge is 2.18. The van der Waals surface area contributed by atoms with E-state index < -0.39 is 10.0 Å². The molecule has 2 aromatic carbocycles. The summed E-state index contributed by atoms with van der Waals surface area (Å²) in [6.45, 7) is 4.02. The maximum atomic E-state index is 12.5. The van der Waals surface area contributed by atoms with Gasteiger partial charge in [0.1, 0.15) is 5.82 Å². The molecule has 0 radical (unpaired) electrons. The smallest absolute Gasteiger partial charge is 0.261 e. The molecular formula is C17H18N4O2S. The van der Waals surface area contributed by atoms with Gasteiger partial charge >= 0.3 is 0 Å². The van der Waals surface area contributed by atoms with E-state index in [1.165, 1.54) is 0 Å². The number of nitrogens with zero attached hydrogens (tertiary/aromatic N) is 2. The topological polar surface area (TPSA) is 87.7 Å². The number of anilines is 1. The van der Waals surface area contributed by atoms with Gasteiger partial charge in [0.2, 0.25) is 0 Å². The fraction of sp³-hybridized carbons (Fsp3) is 0.176. The number of rotatable bonds is 5. The lowest BCUT2D eigenvalue weighted by Gasteiger charge is -2.11. The molecule has 0 spiro atoms. The lowest BCUT2D eigenvalue weighted by Crippen LogP contribution is -2.13. The Morgan fingerprint density at radius 3 is 2.33 bits per heavy atom. The Morgan fingerprint density at radius 1 is 1.00 bits per heavy atom. The number of hydrogen-bond acceptors (Lipinski definition) is 4. The minimum Gasteiger partial charge on any atom is -0.279 e. The summed E-state index contributed by atoms with van der Waals surface area (Å²) in [7, 11) is -3.67. The molecule has 124 valence electrons. The third kappa shape index (κ3) is 3.30. The average molecular weight is 342 g/mol. The zero-order valence-electron chi connectivity index (χ0n) is 13.4. The number of nitrogens with one attached hydrogen (secondary N) is 2. The van der Waals surface area contributed by atoms with Crippen molar-refractivity contribution in [2.24, 2.45) is 0 Å². The summed E-state index contributed by atoms with van der Waals surface area (Å²) in [6.07, 6.45) is 0. The van der Waals surface area contributed by atoms with Crippen molar-refractivity contribution in [2.45, 2.75) is 24.7 Å². The third-order valence-corrected chi connectivity index (χ3v) is 4.90. The number of hydrogen-bond donors (Lipinski definition) is 2. The van der Waals surface area contributed by atoms with Crippen LogP contribution in [0.4, 0.5) is 5.69 Å². The molecule has 0 atom stereocenters. The van der Waals surface area contributed by atoms with Gasteiger partial charge in [-0.05, 0) is 24.3 Å². The van der Waals surface area contributed by atoms with E-state index in [0.29, 0.717) is 17.1 Å². The van der Waals surface area contributed by atoms with Crippen molar-refractivity contribution < 1.29 is 8.42 Å². The monoisotopic (exact) mass is 342 g/mol. The van der Waals surface area contributed by atoms with Crippen molar-refractivity contribution in [3.63, 3.8) is 0 Å². The molecule has 3 aromatic rings. The highest BCUT2D eigenvalue weighted by molar-refractivity contribution is 7.92. The summed E-state index contributed by atoms with van der Waals surface area (Å²) in [4.78, 5) is 4.65. The molecule has 0 aliphatic rings. The number of H-pyrrole nitrogens is 1. The second-order valence-electron chi connectivity index (χ2n) is 5.66. The van der Waals surface area contributed by atoms with Crippen LogP contribution in [0, 0.1) is 0 Å². The van der Waals surface area contributed by atoms with Gasteiger partial charge in [-0.2, -0.15) is 5.10 Å². The first-order chi connectivity index (χ1) is 11.5. The van der Waals surface area contributed by atoms with E-state index in [1.54, 1.807) is 48.5 Å². The van der Waals surface area contributed by atoms with Crippen LogP contribution in [0.15, 0.2) is 59.5 Å². The van der Waals surface area contributed by atoms with Crippen LogP contribution in [0.3, 0.4) is 0 Å². The molecule has 3 rings (SSSR count). The van der Waals surface area contributed by atoms with Crippen LogP contribution in [0.1, 0.15) is 25.6 Å². The molecule has 6 nitrogen and oxygen atoms in total. The predicted octanol–water partition coefficient (Wildman–Crippen LogP) is 3.40. The molecule has 1 heterocycles. The number of aromatic amines is 1. The average Bonchev–Trinajstić information content (AvgIpc) is 3.06. The fourth-order valence-electron chi connectivity index (χ4n) is 2.22. The Hall–Kier alpha value is -2.67. The van der Waals surface area contributed by atoms with Crippen LogP contribution in [-0.2, 0) is 10.0 Å². The van der Waals surface area contributed by atoms with Crippen molar-refractivity contribution >= 4 is 15.7 Å². The normalized spacial score (nSPS) is 11.6. The highest BCUT2D eigenvalue weighted by atomic mass is 32.2. The fourth-order valence-corrected chi connectivity index (χ4v) is 3.32. The first-order valence-corrected chi connectivity index (χ1v) is 9.05. The zero-order valence-corrected chi connectivity index (χ0v) is 14.2. The standard InChI is InChI=1S/C17H18N4O2S/c1-12(2)16-18-17(20-19-16)14-10-6-7-11-15(14)21-24(22,23)13-8-4-3-5-9-13/h3-12,21H,1-2H3,(H,18,19,20). The van der Waals surface area contributed by atoms with E-state index in [9.17, 15) is 8.42 Å². The quantitative estimate of drug-likeness (QED) is 0.744. The Labute approximate surface area is 141 Å². The lowest BCUT2D eigenvalue weighted by molar-refractivity contribution is 0.601. The van der Waals surface area contributed by atoms with Gasteiger partial charge in [0, 0.05) is 11.5 Å². The van der Waals surface area contributed by atoms with Gasteiger partial charge in [0.05, 0.1) is 10.6 Å². The van der Waals surface area contributed by atoms with E-state index in [0.717, 1.165) is 5.82 Å². The van der Waals surface area contributed by atoms with Crippen LogP contribution in [0.2, 0.25) is 0 Å². The summed E-state index contributed by atoms with van der Waals surface area (Å²) in [5, 5.41) is 7.09. The molecule has 0 fully saturated rings. The van der Waals surface area contributed by atoms with Crippen molar-refractivity contribution in [1.82, 2.24) is 15.2 Å². The van der Waals surface area contributed by atoms with Gasteiger partial charge in [-0.3, -0.25) is 9.82 Å². The summed E-state index contributed by atoms with van der Waals surface area (Å²) in [5.41, 5.74) is 1.07. The third-order valence-electron chi connectivity index (χ3n) is 3.52.